The first-order chi connectivity index (χ1) is 18.3. The number of imidazole rings is 1. The summed E-state index contributed by atoms with van der Waals surface area (Å²) in [5.41, 5.74) is 3.80. The van der Waals surface area contributed by atoms with Crippen molar-refractivity contribution in [3.8, 4) is 16.9 Å². The summed E-state index contributed by atoms with van der Waals surface area (Å²) in [7, 11) is 0. The summed E-state index contributed by atoms with van der Waals surface area (Å²) >= 11 is 8.42. The van der Waals surface area contributed by atoms with Crippen LogP contribution in [0.5, 0.6) is 5.75 Å². The predicted molar refractivity (Wildman–Crippen MR) is 148 cm³/mol. The highest BCUT2D eigenvalue weighted by Gasteiger charge is 2.21. The number of alkyl halides is 2. The van der Waals surface area contributed by atoms with Gasteiger partial charge in [-0.2, -0.15) is 8.78 Å². The Balaban J connectivity index is 0.000000505. The lowest BCUT2D eigenvalue weighted by Crippen LogP contribution is -2.03. The Kier molecular flexibility index (Phi) is 9.63. The summed E-state index contributed by atoms with van der Waals surface area (Å²) in [6.07, 6.45) is 3.40. The van der Waals surface area contributed by atoms with Crippen LogP contribution >= 0.6 is 23.4 Å². The van der Waals surface area contributed by atoms with E-state index in [0.29, 0.717) is 29.2 Å². The molecular formula is C29H29ClF2N2O3S. The molecule has 1 saturated carbocycles. The number of halogens is 3. The minimum atomic E-state index is -2.91. The van der Waals surface area contributed by atoms with Crippen LogP contribution in [-0.4, -0.2) is 34.9 Å². The van der Waals surface area contributed by atoms with Crippen LogP contribution < -0.4 is 4.74 Å². The highest BCUT2D eigenvalue weighted by Crippen LogP contribution is 2.38. The zero-order valence-corrected chi connectivity index (χ0v) is 22.8. The van der Waals surface area contributed by atoms with E-state index in [-0.39, 0.29) is 11.7 Å². The monoisotopic (exact) mass is 558 g/mol. The number of rotatable bonds is 9. The maximum absolute atomic E-state index is 12.8. The standard InChI is InChI=1S/C25H21ClF2N2OS.C4H8O2/c26-20-13-22-21(12-19(20)18-3-1-2-4-23(18)31-25(27)28)29-24(30-22)11-15-7-9-17(10-8-15)32-14-16-5-6-16;1-3-6-4(2)5/h1-4,7-10,12-13,16,25H,5-6,11,14H2,(H,29,30);3H2,1-2H3. The Morgan fingerprint density at radius 3 is 2.50 bits per heavy atom. The quantitative estimate of drug-likeness (QED) is 0.166. The van der Waals surface area contributed by atoms with Crippen molar-refractivity contribution in [3.63, 3.8) is 0 Å². The smallest absolute Gasteiger partial charge is 0.387 e. The molecule has 0 radical (unpaired) electrons. The average Bonchev–Trinajstić information content (AvgIpc) is 3.63. The van der Waals surface area contributed by atoms with Gasteiger partial charge in [0.2, 0.25) is 0 Å². The molecule has 1 fully saturated rings. The Morgan fingerprint density at radius 2 is 1.87 bits per heavy atom. The summed E-state index contributed by atoms with van der Waals surface area (Å²) < 4.78 is 34.7. The second kappa shape index (κ2) is 13.1. The van der Waals surface area contributed by atoms with Gasteiger partial charge in [-0.15, -0.1) is 11.8 Å². The topological polar surface area (TPSA) is 64.2 Å². The van der Waals surface area contributed by atoms with E-state index in [1.165, 1.54) is 42.0 Å². The molecule has 3 aromatic carbocycles. The van der Waals surface area contributed by atoms with Gasteiger partial charge >= 0.3 is 12.6 Å². The number of nitrogens with zero attached hydrogens (tertiary/aromatic N) is 1. The molecule has 0 atom stereocenters. The number of aromatic amines is 1. The van der Waals surface area contributed by atoms with Gasteiger partial charge in [-0.3, -0.25) is 4.79 Å². The van der Waals surface area contributed by atoms with Crippen LogP contribution in [-0.2, 0) is 16.0 Å². The lowest BCUT2D eigenvalue weighted by molar-refractivity contribution is -0.140. The van der Waals surface area contributed by atoms with Crippen molar-refractivity contribution in [3.05, 3.63) is 77.1 Å². The molecule has 0 aliphatic heterocycles. The molecule has 9 heteroatoms. The minimum Gasteiger partial charge on any atom is -0.466 e. The summed E-state index contributed by atoms with van der Waals surface area (Å²) in [4.78, 5) is 19.1. The first kappa shape index (κ1) is 27.9. The predicted octanol–water partition coefficient (Wildman–Crippen LogP) is 8.15. The largest absolute Gasteiger partial charge is 0.466 e. The SMILES string of the molecule is CCOC(C)=O.FC(F)Oc1ccccc1-c1cc2nc(Cc3ccc(SCC4CC4)cc3)[nH]c2cc1Cl. The molecule has 0 amide bonds. The molecule has 1 N–H and O–H groups in total. The molecule has 1 heterocycles. The van der Waals surface area contributed by atoms with Crippen molar-refractivity contribution >= 4 is 40.4 Å². The van der Waals surface area contributed by atoms with Crippen molar-refractivity contribution in [2.75, 3.05) is 12.4 Å². The Bertz CT molecular complexity index is 1370. The third-order valence-electron chi connectivity index (χ3n) is 5.84. The molecular weight excluding hydrogens is 530 g/mol. The minimum absolute atomic E-state index is 0.0826. The van der Waals surface area contributed by atoms with E-state index < -0.39 is 6.61 Å². The number of carbonyl (C=O) groups is 1. The molecule has 1 aromatic heterocycles. The van der Waals surface area contributed by atoms with Gasteiger partial charge in [0.05, 0.1) is 22.7 Å². The van der Waals surface area contributed by atoms with Gasteiger partial charge in [0.25, 0.3) is 0 Å². The maximum Gasteiger partial charge on any atom is 0.387 e. The van der Waals surface area contributed by atoms with Gasteiger partial charge in [-0.1, -0.05) is 41.9 Å². The summed E-state index contributed by atoms with van der Waals surface area (Å²) in [5, 5.41) is 0.440. The summed E-state index contributed by atoms with van der Waals surface area (Å²) in [6.45, 7) is 0.745. The molecule has 0 spiro atoms. The third kappa shape index (κ3) is 7.95. The van der Waals surface area contributed by atoms with Crippen LogP contribution in [0.1, 0.15) is 38.1 Å². The number of hydrogen-bond donors (Lipinski definition) is 1. The first-order valence-electron chi connectivity index (χ1n) is 12.4. The van der Waals surface area contributed by atoms with Crippen molar-refractivity contribution < 1.29 is 23.0 Å². The molecule has 5 nitrogen and oxygen atoms in total. The zero-order chi connectivity index (χ0) is 27.1. The molecule has 0 unspecified atom stereocenters. The fourth-order valence-electron chi connectivity index (χ4n) is 3.86. The number of thioether (sulfide) groups is 1. The highest BCUT2D eigenvalue weighted by molar-refractivity contribution is 7.99. The van der Waals surface area contributed by atoms with Gasteiger partial charge in [0, 0.05) is 35.1 Å². The van der Waals surface area contributed by atoms with Crippen LogP contribution in [0.25, 0.3) is 22.2 Å². The maximum atomic E-state index is 12.8. The number of nitrogens with one attached hydrogen (secondary N) is 1. The molecule has 0 bridgehead atoms. The van der Waals surface area contributed by atoms with Crippen LogP contribution in [0.4, 0.5) is 8.78 Å². The van der Waals surface area contributed by atoms with Gasteiger partial charge < -0.3 is 14.5 Å². The van der Waals surface area contributed by atoms with Crippen molar-refractivity contribution in [1.82, 2.24) is 9.97 Å². The first-order valence-corrected chi connectivity index (χ1v) is 13.8. The van der Waals surface area contributed by atoms with E-state index in [4.69, 9.17) is 16.6 Å². The number of carbonyl (C=O) groups excluding carboxylic acids is 1. The van der Waals surface area contributed by atoms with E-state index >= 15 is 0 Å². The lowest BCUT2D eigenvalue weighted by atomic mass is 10.0. The number of aromatic nitrogens is 2. The molecule has 1 aliphatic rings. The second-order valence-electron chi connectivity index (χ2n) is 8.91. The number of esters is 1. The highest BCUT2D eigenvalue weighted by atomic mass is 35.5. The van der Waals surface area contributed by atoms with E-state index in [9.17, 15) is 13.6 Å². The Hall–Kier alpha value is -3.10. The van der Waals surface area contributed by atoms with Crippen LogP contribution in [0.3, 0.4) is 0 Å². The lowest BCUT2D eigenvalue weighted by Gasteiger charge is -2.11. The van der Waals surface area contributed by atoms with Crippen LogP contribution in [0, 0.1) is 5.92 Å². The summed E-state index contributed by atoms with van der Waals surface area (Å²) in [6, 6.07) is 18.8. The van der Waals surface area contributed by atoms with Crippen molar-refractivity contribution in [2.24, 2.45) is 5.92 Å². The summed E-state index contributed by atoms with van der Waals surface area (Å²) in [5.74, 6) is 2.80. The molecule has 4 aromatic rings. The normalized spacial score (nSPS) is 12.8. The zero-order valence-electron chi connectivity index (χ0n) is 21.2. The van der Waals surface area contributed by atoms with Gasteiger partial charge in [0.1, 0.15) is 11.6 Å². The van der Waals surface area contributed by atoms with Crippen molar-refractivity contribution in [1.29, 1.82) is 0 Å². The Labute approximate surface area is 229 Å². The van der Waals surface area contributed by atoms with Gasteiger partial charge in [-0.25, -0.2) is 4.98 Å². The molecule has 38 heavy (non-hydrogen) atoms. The van der Waals surface area contributed by atoms with Crippen LogP contribution in [0.2, 0.25) is 5.02 Å². The van der Waals surface area contributed by atoms with E-state index in [0.717, 1.165) is 22.8 Å². The van der Waals surface area contributed by atoms with E-state index in [1.54, 1.807) is 31.2 Å². The molecule has 200 valence electrons. The van der Waals surface area contributed by atoms with Gasteiger partial charge in [0.15, 0.2) is 0 Å². The Morgan fingerprint density at radius 1 is 1.13 bits per heavy atom. The number of fused-ring (bicyclic) bond motifs is 1. The van der Waals surface area contributed by atoms with E-state index in [2.05, 4.69) is 38.7 Å². The second-order valence-corrected chi connectivity index (χ2v) is 10.4. The number of hydrogen-bond acceptors (Lipinski definition) is 5. The molecule has 0 saturated heterocycles. The van der Waals surface area contributed by atoms with Crippen LogP contribution in [0.15, 0.2) is 65.6 Å². The molecule has 1 aliphatic carbocycles. The van der Waals surface area contributed by atoms with Gasteiger partial charge in [-0.05, 0) is 61.6 Å². The average molecular weight is 559 g/mol. The number of benzene rings is 3. The molecule has 5 rings (SSSR count). The third-order valence-corrected chi connectivity index (χ3v) is 7.39. The fourth-order valence-corrected chi connectivity index (χ4v) is 5.22. The fraction of sp³-hybridized carbons (Fsp3) is 0.310. The number of para-hydroxylation sites is 1. The number of H-pyrrole nitrogens is 1. The number of ether oxygens (including phenoxy) is 2. The van der Waals surface area contributed by atoms with Crippen molar-refractivity contribution in [2.45, 2.75) is 44.6 Å². The van der Waals surface area contributed by atoms with E-state index in [1.807, 2.05) is 17.8 Å².